The second kappa shape index (κ2) is 8.47. The highest BCUT2D eigenvalue weighted by atomic mass is 16.6. The highest BCUT2D eigenvalue weighted by Crippen LogP contribution is 1.96. The standard InChI is InChI=1S/C5H11NO.C5H5NO/c2*1-2-4-6-7-5-3-1/h6H,1-5H2;1-5H. The summed E-state index contributed by atoms with van der Waals surface area (Å²) in [5.74, 6) is 0. The van der Waals surface area contributed by atoms with Crippen LogP contribution in [0.2, 0.25) is 0 Å². The van der Waals surface area contributed by atoms with Crippen LogP contribution in [0.5, 0.6) is 0 Å². The first-order valence-corrected chi connectivity index (χ1v) is 4.86. The van der Waals surface area contributed by atoms with E-state index in [1.807, 2.05) is 6.08 Å². The number of nitrogens with one attached hydrogen (secondary N) is 1. The molecule has 0 amide bonds. The van der Waals surface area contributed by atoms with Crippen LogP contribution in [-0.4, -0.2) is 19.4 Å². The molecule has 1 saturated heterocycles. The zero-order chi connectivity index (χ0) is 9.90. The molecule has 0 radical (unpaired) electrons. The van der Waals surface area contributed by atoms with E-state index >= 15 is 0 Å². The molecule has 14 heavy (non-hydrogen) atoms. The van der Waals surface area contributed by atoms with Crippen molar-refractivity contribution in [3.63, 3.8) is 0 Å². The quantitative estimate of drug-likeness (QED) is 0.642. The van der Waals surface area contributed by atoms with Gasteiger partial charge in [0.05, 0.1) is 12.8 Å². The second-order valence-corrected chi connectivity index (χ2v) is 2.88. The van der Waals surface area contributed by atoms with Crippen molar-refractivity contribution in [1.29, 1.82) is 0 Å². The Morgan fingerprint density at radius 1 is 1.07 bits per heavy atom. The fourth-order valence-electron chi connectivity index (χ4n) is 0.992. The van der Waals surface area contributed by atoms with Crippen LogP contribution in [0, 0.1) is 0 Å². The third-order valence-electron chi connectivity index (χ3n) is 1.70. The van der Waals surface area contributed by atoms with Crippen LogP contribution < -0.4 is 5.48 Å². The minimum Gasteiger partial charge on any atom is -0.365 e. The number of oxime groups is 1. The van der Waals surface area contributed by atoms with Crippen LogP contribution in [0.25, 0.3) is 0 Å². The van der Waals surface area contributed by atoms with Gasteiger partial charge in [0.25, 0.3) is 0 Å². The Morgan fingerprint density at radius 3 is 3.07 bits per heavy atom. The molecule has 1 fully saturated rings. The van der Waals surface area contributed by atoms with Gasteiger partial charge in [-0.15, -0.1) is 0 Å². The van der Waals surface area contributed by atoms with Gasteiger partial charge >= 0.3 is 0 Å². The van der Waals surface area contributed by atoms with E-state index in [-0.39, 0.29) is 0 Å². The van der Waals surface area contributed by atoms with Gasteiger partial charge in [0.15, 0.2) is 0 Å². The third kappa shape index (κ3) is 6.39. The molecule has 4 nitrogen and oxygen atoms in total. The van der Waals surface area contributed by atoms with Gasteiger partial charge in [-0.2, -0.15) is 0 Å². The maximum absolute atomic E-state index is 4.94. The highest BCUT2D eigenvalue weighted by molar-refractivity contribution is 5.71. The molecule has 0 aromatic rings. The van der Waals surface area contributed by atoms with E-state index in [2.05, 4.69) is 15.5 Å². The van der Waals surface area contributed by atoms with Gasteiger partial charge in [-0.05, 0) is 31.4 Å². The van der Waals surface area contributed by atoms with Crippen molar-refractivity contribution >= 4 is 6.21 Å². The number of nitrogens with zero attached hydrogens (tertiary/aromatic N) is 1. The van der Waals surface area contributed by atoms with E-state index in [9.17, 15) is 0 Å². The third-order valence-corrected chi connectivity index (χ3v) is 1.70. The first-order valence-electron chi connectivity index (χ1n) is 4.86. The summed E-state index contributed by atoms with van der Waals surface area (Å²) in [6, 6.07) is 0. The Hall–Kier alpha value is -1.13. The molecule has 0 aromatic carbocycles. The van der Waals surface area contributed by atoms with E-state index in [1.54, 1.807) is 18.4 Å². The van der Waals surface area contributed by atoms with E-state index in [0.717, 1.165) is 13.2 Å². The van der Waals surface area contributed by atoms with E-state index in [0.29, 0.717) is 0 Å². The fourth-order valence-corrected chi connectivity index (χ4v) is 0.992. The summed E-state index contributed by atoms with van der Waals surface area (Å²) in [5, 5.41) is 3.47. The smallest absolute Gasteiger partial charge is 0.122 e. The molecule has 0 spiro atoms. The normalized spacial score (nSPS) is 20.0. The van der Waals surface area contributed by atoms with Gasteiger partial charge < -0.3 is 9.68 Å². The molecule has 0 saturated carbocycles. The monoisotopic (exact) mass is 196 g/mol. The van der Waals surface area contributed by atoms with Gasteiger partial charge in [0.1, 0.15) is 6.26 Å². The van der Waals surface area contributed by atoms with Crippen molar-refractivity contribution in [2.75, 3.05) is 13.2 Å². The summed E-state index contributed by atoms with van der Waals surface area (Å²) in [6.07, 6.45) is 12.3. The lowest BCUT2D eigenvalue weighted by Crippen LogP contribution is -2.12. The molecule has 0 aromatic heterocycles. The molecule has 2 heterocycles. The van der Waals surface area contributed by atoms with Crippen molar-refractivity contribution in [2.45, 2.75) is 19.3 Å². The lowest BCUT2D eigenvalue weighted by atomic mass is 10.2. The summed E-state index contributed by atoms with van der Waals surface area (Å²) in [5.41, 5.74) is 2.85. The minimum absolute atomic E-state index is 0.889. The van der Waals surface area contributed by atoms with Gasteiger partial charge in [0, 0.05) is 6.54 Å². The molecule has 1 N–H and O–H groups in total. The van der Waals surface area contributed by atoms with Gasteiger partial charge in [-0.25, -0.2) is 5.48 Å². The maximum Gasteiger partial charge on any atom is 0.122 e. The SMILES string of the molecule is C1=CC=NOC=C1.C1CCNOCC1. The Balaban J connectivity index is 0.000000140. The molecular weight excluding hydrogens is 180 g/mol. The Labute approximate surface area is 84.2 Å². The van der Waals surface area contributed by atoms with Crippen LogP contribution in [0.3, 0.4) is 0 Å². The van der Waals surface area contributed by atoms with Gasteiger partial charge in [-0.3, -0.25) is 0 Å². The molecule has 0 atom stereocenters. The molecular formula is C10H16N2O2. The summed E-state index contributed by atoms with van der Waals surface area (Å²) in [7, 11) is 0. The van der Waals surface area contributed by atoms with E-state index in [4.69, 9.17) is 4.84 Å². The average Bonchev–Trinajstić information content (AvgIpc) is 2.68. The summed E-state index contributed by atoms with van der Waals surface area (Å²) >= 11 is 0. The number of hydrogen-bond acceptors (Lipinski definition) is 4. The fraction of sp³-hybridized carbons (Fsp3) is 0.500. The van der Waals surface area contributed by atoms with Crippen LogP contribution >= 0.6 is 0 Å². The summed E-state index contributed by atoms with van der Waals surface area (Å²) < 4.78 is 0. The summed E-state index contributed by atoms with van der Waals surface area (Å²) in [4.78, 5) is 9.47. The highest BCUT2D eigenvalue weighted by Gasteiger charge is 1.94. The molecule has 0 aliphatic carbocycles. The first kappa shape index (κ1) is 10.9. The predicted octanol–water partition coefficient (Wildman–Crippen LogP) is 1.76. The Kier molecular flexibility index (Phi) is 6.62. The maximum atomic E-state index is 4.94. The average molecular weight is 196 g/mol. The predicted molar refractivity (Wildman–Crippen MR) is 55.7 cm³/mol. The topological polar surface area (TPSA) is 42.8 Å². The Bertz CT molecular complexity index is 179. The summed E-state index contributed by atoms with van der Waals surface area (Å²) in [6.45, 7) is 1.92. The molecule has 2 aliphatic rings. The Morgan fingerprint density at radius 2 is 2.07 bits per heavy atom. The molecule has 0 unspecified atom stereocenters. The van der Waals surface area contributed by atoms with Crippen LogP contribution in [0.4, 0.5) is 0 Å². The van der Waals surface area contributed by atoms with Crippen LogP contribution in [0.1, 0.15) is 19.3 Å². The van der Waals surface area contributed by atoms with Crippen molar-refractivity contribution < 1.29 is 9.68 Å². The largest absolute Gasteiger partial charge is 0.365 e. The lowest BCUT2D eigenvalue weighted by molar-refractivity contribution is 0.0525. The van der Waals surface area contributed by atoms with Crippen molar-refractivity contribution in [3.8, 4) is 0 Å². The molecule has 2 rings (SSSR count). The number of hydroxylamine groups is 1. The van der Waals surface area contributed by atoms with E-state index in [1.165, 1.54) is 25.5 Å². The number of allylic oxidation sites excluding steroid dienone is 3. The zero-order valence-electron chi connectivity index (χ0n) is 8.19. The van der Waals surface area contributed by atoms with E-state index < -0.39 is 0 Å². The molecule has 4 heteroatoms. The molecule has 78 valence electrons. The van der Waals surface area contributed by atoms with Crippen molar-refractivity contribution in [2.24, 2.45) is 5.16 Å². The second-order valence-electron chi connectivity index (χ2n) is 2.88. The first-order chi connectivity index (χ1) is 7.00. The zero-order valence-corrected chi connectivity index (χ0v) is 8.19. The molecule has 0 bridgehead atoms. The number of hydrogen-bond donors (Lipinski definition) is 1. The van der Waals surface area contributed by atoms with Crippen LogP contribution in [0.15, 0.2) is 29.6 Å². The lowest BCUT2D eigenvalue weighted by Gasteiger charge is -1.94. The van der Waals surface area contributed by atoms with Gasteiger partial charge in [-0.1, -0.05) is 11.2 Å². The van der Waals surface area contributed by atoms with Crippen molar-refractivity contribution in [1.82, 2.24) is 5.48 Å². The van der Waals surface area contributed by atoms with Crippen molar-refractivity contribution in [3.05, 3.63) is 24.5 Å². The minimum atomic E-state index is 0.889. The van der Waals surface area contributed by atoms with Gasteiger partial charge in [0.2, 0.25) is 0 Å². The number of rotatable bonds is 0. The van der Waals surface area contributed by atoms with Crippen LogP contribution in [-0.2, 0) is 9.68 Å². The molecule has 2 aliphatic heterocycles.